The van der Waals surface area contributed by atoms with E-state index in [1.807, 2.05) is 18.2 Å². The molecule has 4 nitrogen and oxygen atoms in total. The second-order valence-electron chi connectivity index (χ2n) is 4.09. The number of hydrogen-bond acceptors (Lipinski definition) is 3. The van der Waals surface area contributed by atoms with E-state index in [9.17, 15) is 4.79 Å². The number of carbonyl (C=O) groups excluding carboxylic acids is 1. The van der Waals surface area contributed by atoms with Crippen LogP contribution >= 0.6 is 0 Å². The highest BCUT2D eigenvalue weighted by Crippen LogP contribution is 2.26. The molecule has 0 aliphatic heterocycles. The fourth-order valence-corrected chi connectivity index (χ4v) is 1.80. The maximum Gasteiger partial charge on any atom is 0.354 e. The van der Waals surface area contributed by atoms with E-state index in [1.165, 1.54) is 7.11 Å². The van der Waals surface area contributed by atoms with Crippen LogP contribution in [0, 0.1) is 0 Å². The molecule has 0 radical (unpaired) electrons. The summed E-state index contributed by atoms with van der Waals surface area (Å²) < 4.78 is 10.4. The molecule has 0 unspecified atom stereocenters. The van der Waals surface area contributed by atoms with E-state index in [2.05, 4.69) is 11.9 Å². The average Bonchev–Trinajstić information content (AvgIpc) is 2.83. The topological polar surface area (TPSA) is 51.3 Å². The van der Waals surface area contributed by atoms with Crippen LogP contribution in [0.4, 0.5) is 0 Å². The van der Waals surface area contributed by atoms with Gasteiger partial charge < -0.3 is 14.5 Å². The second kappa shape index (κ2) is 5.58. The van der Waals surface area contributed by atoms with Crippen molar-refractivity contribution in [1.29, 1.82) is 0 Å². The number of hydrogen-bond donors (Lipinski definition) is 1. The average molecular weight is 247 g/mol. The van der Waals surface area contributed by atoms with Gasteiger partial charge in [0.05, 0.1) is 13.7 Å². The summed E-state index contributed by atoms with van der Waals surface area (Å²) in [7, 11) is 1.37. The molecular weight excluding hydrogens is 230 g/mol. The Bertz CT molecular complexity index is 545. The van der Waals surface area contributed by atoms with Crippen LogP contribution < -0.4 is 4.74 Å². The number of aromatic amines is 1. The van der Waals surface area contributed by atoms with Crippen molar-refractivity contribution in [3.05, 3.63) is 30.0 Å². The maximum atomic E-state index is 11.5. The smallest absolute Gasteiger partial charge is 0.354 e. The lowest BCUT2D eigenvalue weighted by molar-refractivity contribution is 0.0595. The zero-order valence-electron chi connectivity index (χ0n) is 10.7. The lowest BCUT2D eigenvalue weighted by Crippen LogP contribution is -2.00. The summed E-state index contributed by atoms with van der Waals surface area (Å²) in [5, 5.41) is 0.911. The van der Waals surface area contributed by atoms with Crippen molar-refractivity contribution in [2.45, 2.75) is 19.8 Å². The first kappa shape index (κ1) is 12.5. The van der Waals surface area contributed by atoms with Gasteiger partial charge in [0.1, 0.15) is 11.4 Å². The van der Waals surface area contributed by atoms with E-state index < -0.39 is 0 Å². The van der Waals surface area contributed by atoms with E-state index in [1.54, 1.807) is 6.07 Å². The number of carbonyl (C=O) groups is 1. The Kier molecular flexibility index (Phi) is 3.87. The number of benzene rings is 1. The molecule has 0 saturated heterocycles. The predicted octanol–water partition coefficient (Wildman–Crippen LogP) is 3.13. The van der Waals surface area contributed by atoms with Gasteiger partial charge in [0.25, 0.3) is 0 Å². The highest BCUT2D eigenvalue weighted by Gasteiger charge is 2.11. The molecule has 4 heteroatoms. The van der Waals surface area contributed by atoms with E-state index in [0.717, 1.165) is 29.5 Å². The molecule has 0 saturated carbocycles. The van der Waals surface area contributed by atoms with Crippen LogP contribution in [0.1, 0.15) is 30.3 Å². The molecule has 0 amide bonds. The van der Waals surface area contributed by atoms with E-state index in [4.69, 9.17) is 9.47 Å². The molecule has 0 spiro atoms. The third-order valence-corrected chi connectivity index (χ3v) is 2.78. The molecule has 2 rings (SSSR count). The van der Waals surface area contributed by atoms with Crippen molar-refractivity contribution in [1.82, 2.24) is 4.98 Å². The Balaban J connectivity index is 2.30. The predicted molar refractivity (Wildman–Crippen MR) is 70.0 cm³/mol. The quantitative estimate of drug-likeness (QED) is 0.652. The second-order valence-corrected chi connectivity index (χ2v) is 4.09. The summed E-state index contributed by atoms with van der Waals surface area (Å²) in [5.74, 6) is 0.429. The van der Waals surface area contributed by atoms with Gasteiger partial charge in [-0.3, -0.25) is 0 Å². The maximum absolute atomic E-state index is 11.5. The molecule has 0 aliphatic carbocycles. The summed E-state index contributed by atoms with van der Waals surface area (Å²) >= 11 is 0. The minimum Gasteiger partial charge on any atom is -0.493 e. The summed E-state index contributed by atoms with van der Waals surface area (Å²) in [6.45, 7) is 2.81. The molecule has 0 bridgehead atoms. The van der Waals surface area contributed by atoms with Gasteiger partial charge >= 0.3 is 5.97 Å². The molecule has 2 aromatic rings. The van der Waals surface area contributed by atoms with Crippen molar-refractivity contribution in [2.75, 3.05) is 13.7 Å². The molecule has 0 aliphatic rings. The fourth-order valence-electron chi connectivity index (χ4n) is 1.80. The highest BCUT2D eigenvalue weighted by molar-refractivity contribution is 5.96. The number of rotatable bonds is 5. The Morgan fingerprint density at radius 2 is 2.22 bits per heavy atom. The fraction of sp³-hybridized carbons (Fsp3) is 0.357. The number of fused-ring (bicyclic) bond motifs is 1. The summed E-state index contributed by atoms with van der Waals surface area (Å²) in [6, 6.07) is 7.49. The molecular formula is C14H17NO3. The standard InChI is InChI=1S/C14H17NO3/c1-3-4-8-18-13-7-5-6-11-10(13)9-12(15-11)14(16)17-2/h5-7,9,15H,3-4,8H2,1-2H3. The zero-order valence-corrected chi connectivity index (χ0v) is 10.7. The van der Waals surface area contributed by atoms with Crippen molar-refractivity contribution < 1.29 is 14.3 Å². The van der Waals surface area contributed by atoms with E-state index in [-0.39, 0.29) is 5.97 Å². The van der Waals surface area contributed by atoms with Crippen molar-refractivity contribution in [2.24, 2.45) is 0 Å². The molecule has 1 heterocycles. The van der Waals surface area contributed by atoms with E-state index >= 15 is 0 Å². The van der Waals surface area contributed by atoms with Gasteiger partial charge in [-0.05, 0) is 24.6 Å². The van der Waals surface area contributed by atoms with Crippen molar-refractivity contribution in [3.8, 4) is 5.75 Å². The molecule has 0 atom stereocenters. The molecule has 1 aromatic carbocycles. The number of esters is 1. The van der Waals surface area contributed by atoms with Crippen LogP contribution in [-0.4, -0.2) is 24.7 Å². The van der Waals surface area contributed by atoms with Crippen LogP contribution in [-0.2, 0) is 4.74 Å². The largest absolute Gasteiger partial charge is 0.493 e. The van der Waals surface area contributed by atoms with Gasteiger partial charge in [0, 0.05) is 10.9 Å². The number of aromatic nitrogens is 1. The third kappa shape index (κ3) is 2.47. The first-order valence-electron chi connectivity index (χ1n) is 6.09. The zero-order chi connectivity index (χ0) is 13.0. The van der Waals surface area contributed by atoms with Crippen LogP contribution in [0.3, 0.4) is 0 Å². The molecule has 1 aromatic heterocycles. The summed E-state index contributed by atoms with van der Waals surface area (Å²) in [6.07, 6.45) is 2.11. The molecule has 0 fully saturated rings. The summed E-state index contributed by atoms with van der Waals surface area (Å²) in [4.78, 5) is 14.5. The number of methoxy groups -OCH3 is 1. The highest BCUT2D eigenvalue weighted by atomic mass is 16.5. The van der Waals surface area contributed by atoms with Crippen molar-refractivity contribution >= 4 is 16.9 Å². The summed E-state index contributed by atoms with van der Waals surface area (Å²) in [5.41, 5.74) is 1.32. The number of nitrogens with one attached hydrogen (secondary N) is 1. The van der Waals surface area contributed by atoms with Crippen molar-refractivity contribution in [3.63, 3.8) is 0 Å². The first-order valence-corrected chi connectivity index (χ1v) is 6.09. The van der Waals surface area contributed by atoms with Crippen LogP contribution in [0.25, 0.3) is 10.9 Å². The lowest BCUT2D eigenvalue weighted by Gasteiger charge is -2.05. The number of unbranched alkanes of at least 4 members (excludes halogenated alkanes) is 1. The van der Waals surface area contributed by atoms with Gasteiger partial charge in [-0.15, -0.1) is 0 Å². The monoisotopic (exact) mass is 247 g/mol. The molecule has 96 valence electrons. The SMILES string of the molecule is CCCCOc1cccc2[nH]c(C(=O)OC)cc12. The lowest BCUT2D eigenvalue weighted by atomic mass is 10.2. The van der Waals surface area contributed by atoms with E-state index in [0.29, 0.717) is 12.3 Å². The van der Waals surface area contributed by atoms with Gasteiger partial charge in [0.15, 0.2) is 0 Å². The normalized spacial score (nSPS) is 10.6. The number of ether oxygens (including phenoxy) is 2. The Morgan fingerprint density at radius 1 is 1.39 bits per heavy atom. The Labute approximate surface area is 106 Å². The van der Waals surface area contributed by atoms with Gasteiger partial charge in [-0.2, -0.15) is 0 Å². The Hall–Kier alpha value is -1.97. The van der Waals surface area contributed by atoms with Gasteiger partial charge in [-0.1, -0.05) is 19.4 Å². The Morgan fingerprint density at radius 3 is 2.94 bits per heavy atom. The first-order chi connectivity index (χ1) is 8.76. The molecule has 18 heavy (non-hydrogen) atoms. The van der Waals surface area contributed by atoms with Crippen LogP contribution in [0.2, 0.25) is 0 Å². The minimum absolute atomic E-state index is 0.370. The van der Waals surface area contributed by atoms with Gasteiger partial charge in [-0.25, -0.2) is 4.79 Å². The van der Waals surface area contributed by atoms with Gasteiger partial charge in [0.2, 0.25) is 0 Å². The number of H-pyrrole nitrogens is 1. The molecule has 1 N–H and O–H groups in total. The third-order valence-electron chi connectivity index (χ3n) is 2.78. The van der Waals surface area contributed by atoms with Crippen LogP contribution in [0.5, 0.6) is 5.75 Å². The van der Waals surface area contributed by atoms with Crippen LogP contribution in [0.15, 0.2) is 24.3 Å². The minimum atomic E-state index is -0.370.